The summed E-state index contributed by atoms with van der Waals surface area (Å²) in [4.78, 5) is 0. The van der Waals surface area contributed by atoms with E-state index in [1.807, 2.05) is 48.5 Å². The van der Waals surface area contributed by atoms with Crippen LogP contribution in [0.1, 0.15) is 43.7 Å². The molecule has 0 aromatic heterocycles. The molecule has 0 radical (unpaired) electrons. The predicted octanol–water partition coefficient (Wildman–Crippen LogP) is 9.30. The van der Waals surface area contributed by atoms with Crippen molar-refractivity contribution >= 4 is 10.8 Å². The predicted molar refractivity (Wildman–Crippen MR) is 136 cm³/mol. The van der Waals surface area contributed by atoms with Gasteiger partial charge in [0.1, 0.15) is 11.6 Å². The number of halogens is 2. The summed E-state index contributed by atoms with van der Waals surface area (Å²) in [6.07, 6.45) is 8.27. The van der Waals surface area contributed by atoms with Crippen molar-refractivity contribution in [1.82, 2.24) is 0 Å². The van der Waals surface area contributed by atoms with Crippen molar-refractivity contribution < 1.29 is 8.78 Å². The van der Waals surface area contributed by atoms with Crippen LogP contribution in [0.4, 0.5) is 8.78 Å². The first-order chi connectivity index (χ1) is 16.1. The van der Waals surface area contributed by atoms with Gasteiger partial charge in [0.25, 0.3) is 0 Å². The molecule has 4 rings (SSSR count). The first-order valence-corrected chi connectivity index (χ1v) is 11.8. The molecule has 0 nitrogen and oxygen atoms in total. The molecule has 168 valence electrons. The van der Waals surface area contributed by atoms with Crippen LogP contribution in [0.2, 0.25) is 0 Å². The lowest BCUT2D eigenvalue weighted by molar-refractivity contribution is 0.630. The third-order valence-corrected chi connectivity index (χ3v) is 6.27. The summed E-state index contributed by atoms with van der Waals surface area (Å²) in [5.74, 6) is -0.650. The third kappa shape index (κ3) is 5.22. The highest BCUT2D eigenvalue weighted by molar-refractivity contribution is 5.89. The van der Waals surface area contributed by atoms with E-state index in [-0.39, 0.29) is 11.6 Å². The Labute approximate surface area is 195 Å². The Balaban J connectivity index is 1.60. The molecular weight excluding hydrogens is 410 g/mol. The van der Waals surface area contributed by atoms with E-state index in [0.29, 0.717) is 22.1 Å². The number of unbranched alkanes of at least 4 members (excludes halogenated alkanes) is 2. The van der Waals surface area contributed by atoms with Gasteiger partial charge in [-0.1, -0.05) is 92.6 Å². The summed E-state index contributed by atoms with van der Waals surface area (Å²) in [5.41, 5.74) is 4.73. The highest BCUT2D eigenvalue weighted by atomic mass is 19.1. The van der Waals surface area contributed by atoms with Crippen LogP contribution in [0, 0.1) is 11.6 Å². The number of rotatable bonds is 9. The van der Waals surface area contributed by atoms with Gasteiger partial charge in [-0.2, -0.15) is 0 Å². The van der Waals surface area contributed by atoms with Crippen LogP contribution in [-0.2, 0) is 12.8 Å². The molecule has 0 aliphatic carbocycles. The van der Waals surface area contributed by atoms with Crippen molar-refractivity contribution in [3.63, 3.8) is 0 Å². The molecule has 0 bridgehead atoms. The smallest absolute Gasteiger partial charge is 0.138 e. The molecule has 33 heavy (non-hydrogen) atoms. The van der Waals surface area contributed by atoms with Crippen molar-refractivity contribution in [3.05, 3.63) is 108 Å². The maximum atomic E-state index is 15.4. The number of allylic oxidation sites excluding steroid dienone is 1. The van der Waals surface area contributed by atoms with Crippen molar-refractivity contribution in [2.75, 3.05) is 0 Å². The summed E-state index contributed by atoms with van der Waals surface area (Å²) in [6, 6.07) is 22.5. The molecule has 0 fully saturated rings. The summed E-state index contributed by atoms with van der Waals surface area (Å²) in [7, 11) is 0. The Morgan fingerprint density at radius 2 is 1.45 bits per heavy atom. The summed E-state index contributed by atoms with van der Waals surface area (Å²) in [5, 5.41) is 1.46. The van der Waals surface area contributed by atoms with Crippen LogP contribution in [0.15, 0.2) is 85.5 Å². The first kappa shape index (κ1) is 22.9. The number of aryl methyl sites for hydroxylation is 2. The number of fused-ring (bicyclic) bond motifs is 1. The second-order valence-corrected chi connectivity index (χ2v) is 8.66. The lowest BCUT2D eigenvalue weighted by Gasteiger charge is -2.11. The average Bonchev–Trinajstić information content (AvgIpc) is 2.83. The highest BCUT2D eigenvalue weighted by Gasteiger charge is 2.13. The van der Waals surface area contributed by atoms with Crippen molar-refractivity contribution in [3.8, 4) is 22.3 Å². The second kappa shape index (κ2) is 10.6. The molecule has 0 N–H and O–H groups in total. The van der Waals surface area contributed by atoms with Crippen LogP contribution >= 0.6 is 0 Å². The van der Waals surface area contributed by atoms with Gasteiger partial charge in [0.2, 0.25) is 0 Å². The van der Waals surface area contributed by atoms with Gasteiger partial charge in [-0.15, -0.1) is 6.58 Å². The molecule has 0 saturated heterocycles. The van der Waals surface area contributed by atoms with E-state index in [0.717, 1.165) is 36.6 Å². The fourth-order valence-electron chi connectivity index (χ4n) is 4.34. The maximum absolute atomic E-state index is 15.4. The summed E-state index contributed by atoms with van der Waals surface area (Å²) >= 11 is 0. The summed E-state index contributed by atoms with van der Waals surface area (Å²) < 4.78 is 30.4. The standard InChI is InChI=1S/C31H30F2/c1-3-5-7-9-23-12-17-28-25(20-23)16-19-29(31(28)33)26-15-18-27(30(32)21-26)24-13-10-22(11-14-24)8-6-4-2/h4,10-21H,2-3,5-9H2,1H3. The zero-order valence-corrected chi connectivity index (χ0v) is 19.2. The van der Waals surface area contributed by atoms with E-state index < -0.39 is 0 Å². The Morgan fingerprint density at radius 3 is 2.18 bits per heavy atom. The Morgan fingerprint density at radius 1 is 0.727 bits per heavy atom. The number of hydrogen-bond donors (Lipinski definition) is 0. The quantitative estimate of drug-likeness (QED) is 0.180. The highest BCUT2D eigenvalue weighted by Crippen LogP contribution is 2.33. The van der Waals surface area contributed by atoms with E-state index >= 15 is 8.78 Å². The molecule has 0 heterocycles. The number of hydrogen-bond acceptors (Lipinski definition) is 0. The fourth-order valence-corrected chi connectivity index (χ4v) is 4.34. The average molecular weight is 441 g/mol. The monoisotopic (exact) mass is 440 g/mol. The minimum Gasteiger partial charge on any atom is -0.206 e. The van der Waals surface area contributed by atoms with E-state index in [1.165, 1.54) is 30.0 Å². The fraction of sp³-hybridized carbons (Fsp3) is 0.226. The molecular formula is C31H30F2. The van der Waals surface area contributed by atoms with E-state index in [2.05, 4.69) is 19.6 Å². The molecule has 0 amide bonds. The largest absolute Gasteiger partial charge is 0.206 e. The third-order valence-electron chi connectivity index (χ3n) is 6.27. The maximum Gasteiger partial charge on any atom is 0.138 e. The Bertz CT molecular complexity index is 1250. The number of benzene rings is 4. The van der Waals surface area contributed by atoms with Crippen LogP contribution in [0.25, 0.3) is 33.0 Å². The van der Waals surface area contributed by atoms with E-state index in [1.54, 1.807) is 18.2 Å². The Hall–Kier alpha value is -3.26. The topological polar surface area (TPSA) is 0 Å². The molecule has 0 unspecified atom stereocenters. The van der Waals surface area contributed by atoms with E-state index in [4.69, 9.17) is 0 Å². The van der Waals surface area contributed by atoms with E-state index in [9.17, 15) is 0 Å². The molecule has 4 aromatic carbocycles. The molecule has 4 aromatic rings. The molecule has 2 heteroatoms. The molecule has 0 aliphatic rings. The van der Waals surface area contributed by atoms with Gasteiger partial charge >= 0.3 is 0 Å². The SMILES string of the molecule is C=CCCc1ccc(-c2ccc(-c3ccc4cc(CCCCC)ccc4c3F)cc2F)cc1. The van der Waals surface area contributed by atoms with Gasteiger partial charge in [-0.3, -0.25) is 0 Å². The molecule has 0 atom stereocenters. The lowest BCUT2D eigenvalue weighted by atomic mass is 9.95. The van der Waals surface area contributed by atoms with Gasteiger partial charge in [0.05, 0.1) is 0 Å². The van der Waals surface area contributed by atoms with Crippen LogP contribution in [-0.4, -0.2) is 0 Å². The van der Waals surface area contributed by atoms with Gasteiger partial charge < -0.3 is 0 Å². The van der Waals surface area contributed by atoms with Crippen LogP contribution < -0.4 is 0 Å². The zero-order valence-electron chi connectivity index (χ0n) is 19.2. The molecule has 0 spiro atoms. The molecule has 0 saturated carbocycles. The minimum atomic E-state index is -0.350. The van der Waals surface area contributed by atoms with Gasteiger partial charge in [0.15, 0.2) is 0 Å². The minimum absolute atomic E-state index is 0.300. The van der Waals surface area contributed by atoms with Crippen molar-refractivity contribution in [1.29, 1.82) is 0 Å². The van der Waals surface area contributed by atoms with Crippen LogP contribution in [0.5, 0.6) is 0 Å². The van der Waals surface area contributed by atoms with Crippen molar-refractivity contribution in [2.45, 2.75) is 45.4 Å². The normalized spacial score (nSPS) is 11.1. The van der Waals surface area contributed by atoms with Crippen molar-refractivity contribution in [2.24, 2.45) is 0 Å². The second-order valence-electron chi connectivity index (χ2n) is 8.66. The molecule has 0 aliphatic heterocycles. The Kier molecular flexibility index (Phi) is 7.34. The lowest BCUT2D eigenvalue weighted by Crippen LogP contribution is -1.92. The van der Waals surface area contributed by atoms with Gasteiger partial charge in [-0.05, 0) is 59.4 Å². The summed E-state index contributed by atoms with van der Waals surface area (Å²) in [6.45, 7) is 5.94. The van der Waals surface area contributed by atoms with Crippen LogP contribution in [0.3, 0.4) is 0 Å². The van der Waals surface area contributed by atoms with Gasteiger partial charge in [0, 0.05) is 16.5 Å². The zero-order chi connectivity index (χ0) is 23.2. The first-order valence-electron chi connectivity index (χ1n) is 11.8. The van der Waals surface area contributed by atoms with Gasteiger partial charge in [-0.25, -0.2) is 8.78 Å².